The van der Waals surface area contributed by atoms with Gasteiger partial charge in [0.2, 0.25) is 0 Å². The number of furan rings is 2. The molecular formula is C14H16NO3+. The highest BCUT2D eigenvalue weighted by atomic mass is 16.3. The molecule has 1 aliphatic heterocycles. The summed E-state index contributed by atoms with van der Waals surface area (Å²) in [5, 5.41) is 2.17. The molecule has 1 fully saturated rings. The first-order valence-electron chi connectivity index (χ1n) is 6.20. The average Bonchev–Trinajstić information content (AvgIpc) is 3.03. The maximum absolute atomic E-state index is 12.1. The first-order chi connectivity index (χ1) is 8.75. The fraction of sp³-hybridized carbons (Fsp3) is 0.357. The molecule has 2 aromatic rings. The van der Waals surface area contributed by atoms with Crippen LogP contribution < -0.4 is 5.32 Å². The number of carbonyl (C=O) groups excluding carboxylic acids is 1. The van der Waals surface area contributed by atoms with Crippen molar-refractivity contribution in [2.45, 2.75) is 25.4 Å². The third-order valence-corrected chi connectivity index (χ3v) is 3.69. The fourth-order valence-corrected chi connectivity index (χ4v) is 2.61. The lowest BCUT2D eigenvalue weighted by molar-refractivity contribution is -0.746. The van der Waals surface area contributed by atoms with Gasteiger partial charge < -0.3 is 14.2 Å². The largest absolute Gasteiger partial charge is 0.463 e. The Hall–Kier alpha value is -1.81. The fourth-order valence-electron chi connectivity index (χ4n) is 2.61. The molecule has 3 heterocycles. The van der Waals surface area contributed by atoms with E-state index in [-0.39, 0.29) is 23.8 Å². The molecule has 4 heteroatoms. The molecule has 0 amide bonds. The molecule has 1 saturated heterocycles. The molecule has 4 nitrogen and oxygen atoms in total. The molecule has 0 unspecified atom stereocenters. The van der Waals surface area contributed by atoms with Gasteiger partial charge in [0.15, 0.2) is 23.6 Å². The van der Waals surface area contributed by atoms with Crippen LogP contribution in [0.3, 0.4) is 0 Å². The van der Waals surface area contributed by atoms with Crippen LogP contribution in [0.5, 0.6) is 0 Å². The van der Waals surface area contributed by atoms with Crippen LogP contribution in [-0.2, 0) is 4.79 Å². The molecule has 94 valence electrons. The van der Waals surface area contributed by atoms with E-state index in [1.165, 1.54) is 0 Å². The van der Waals surface area contributed by atoms with Crippen molar-refractivity contribution < 1.29 is 18.9 Å². The summed E-state index contributed by atoms with van der Waals surface area (Å²) in [6.07, 6.45) is 3.82. The zero-order valence-corrected chi connectivity index (χ0v) is 10.2. The van der Waals surface area contributed by atoms with Gasteiger partial charge >= 0.3 is 0 Å². The number of Topliss-reactive ketones (excluding diaryl/α,β-unsaturated/α-hetero) is 1. The van der Waals surface area contributed by atoms with E-state index < -0.39 is 0 Å². The van der Waals surface area contributed by atoms with Gasteiger partial charge in [-0.05, 0) is 31.2 Å². The van der Waals surface area contributed by atoms with Gasteiger partial charge in [-0.15, -0.1) is 0 Å². The summed E-state index contributed by atoms with van der Waals surface area (Å²) < 4.78 is 10.9. The van der Waals surface area contributed by atoms with Crippen molar-refractivity contribution in [3.8, 4) is 0 Å². The van der Waals surface area contributed by atoms with Gasteiger partial charge in [-0.1, -0.05) is 0 Å². The second-order valence-corrected chi connectivity index (χ2v) is 4.81. The Morgan fingerprint density at radius 1 is 1.17 bits per heavy atom. The topological polar surface area (TPSA) is 60.0 Å². The number of piperidine rings is 1. The molecule has 2 aromatic heterocycles. The molecule has 0 bridgehead atoms. The summed E-state index contributed by atoms with van der Waals surface area (Å²) in [5.41, 5.74) is 0. The molecule has 0 aromatic carbocycles. The van der Waals surface area contributed by atoms with E-state index in [1.54, 1.807) is 12.5 Å². The van der Waals surface area contributed by atoms with E-state index in [9.17, 15) is 4.79 Å². The molecule has 0 spiro atoms. The Morgan fingerprint density at radius 2 is 1.83 bits per heavy atom. The van der Waals surface area contributed by atoms with Crippen LogP contribution in [0.25, 0.3) is 0 Å². The smallest absolute Gasteiger partial charge is 0.161 e. The number of hydrogen-bond acceptors (Lipinski definition) is 3. The van der Waals surface area contributed by atoms with Crippen LogP contribution in [0.4, 0.5) is 0 Å². The zero-order valence-electron chi connectivity index (χ0n) is 10.2. The lowest BCUT2D eigenvalue weighted by Crippen LogP contribution is -2.89. The molecular weight excluding hydrogens is 230 g/mol. The monoisotopic (exact) mass is 246 g/mol. The van der Waals surface area contributed by atoms with Crippen molar-refractivity contribution in [2.24, 2.45) is 5.92 Å². The summed E-state index contributed by atoms with van der Waals surface area (Å²) in [5.74, 6) is 1.95. The molecule has 0 aliphatic carbocycles. The molecule has 2 N–H and O–H groups in total. The minimum absolute atomic E-state index is 0.0256. The van der Waals surface area contributed by atoms with E-state index in [4.69, 9.17) is 8.83 Å². The second kappa shape index (κ2) is 4.46. The van der Waals surface area contributed by atoms with Crippen molar-refractivity contribution in [2.75, 3.05) is 0 Å². The first kappa shape index (κ1) is 11.3. The highest BCUT2D eigenvalue weighted by molar-refractivity contribution is 5.82. The van der Waals surface area contributed by atoms with Gasteiger partial charge in [0.05, 0.1) is 24.9 Å². The maximum atomic E-state index is 12.1. The third kappa shape index (κ3) is 1.88. The van der Waals surface area contributed by atoms with E-state index >= 15 is 0 Å². The van der Waals surface area contributed by atoms with Crippen molar-refractivity contribution in [1.29, 1.82) is 0 Å². The van der Waals surface area contributed by atoms with Gasteiger partial charge in [-0.3, -0.25) is 4.79 Å². The summed E-state index contributed by atoms with van der Waals surface area (Å²) in [4.78, 5) is 12.1. The Balaban J connectivity index is 1.88. The van der Waals surface area contributed by atoms with Crippen LogP contribution in [0.1, 0.15) is 36.9 Å². The Morgan fingerprint density at radius 3 is 2.44 bits per heavy atom. The standard InChI is InChI=1S/C14H15NO3/c1-9-11(16)8-10(12-4-2-6-17-12)15-14(9)13-5-3-7-18-13/h2-7,9-10,14-15H,8H2,1H3/p+1/t9-,10-,14-/m0/s1. The highest BCUT2D eigenvalue weighted by Gasteiger charge is 2.40. The first-order valence-corrected chi connectivity index (χ1v) is 6.20. The van der Waals surface area contributed by atoms with E-state index in [2.05, 4.69) is 5.32 Å². The van der Waals surface area contributed by atoms with Gasteiger partial charge in [-0.25, -0.2) is 0 Å². The van der Waals surface area contributed by atoms with Crippen LogP contribution in [-0.4, -0.2) is 5.78 Å². The Bertz CT molecular complexity index is 515. The van der Waals surface area contributed by atoms with Crippen molar-refractivity contribution in [3.63, 3.8) is 0 Å². The summed E-state index contributed by atoms with van der Waals surface area (Å²) in [7, 11) is 0. The molecule has 1 aliphatic rings. The number of carbonyl (C=O) groups is 1. The Kier molecular flexibility index (Phi) is 2.80. The van der Waals surface area contributed by atoms with Gasteiger partial charge in [0, 0.05) is 0 Å². The minimum atomic E-state index is -0.0256. The van der Waals surface area contributed by atoms with Crippen molar-refractivity contribution >= 4 is 5.78 Å². The van der Waals surface area contributed by atoms with E-state index in [1.807, 2.05) is 31.2 Å². The normalized spacial score (nSPS) is 28.5. The van der Waals surface area contributed by atoms with Crippen LogP contribution in [0.15, 0.2) is 45.6 Å². The average molecular weight is 246 g/mol. The van der Waals surface area contributed by atoms with E-state index in [0.717, 1.165) is 11.5 Å². The molecule has 0 saturated carbocycles. The van der Waals surface area contributed by atoms with Crippen molar-refractivity contribution in [3.05, 3.63) is 48.3 Å². The maximum Gasteiger partial charge on any atom is 0.161 e. The molecule has 18 heavy (non-hydrogen) atoms. The van der Waals surface area contributed by atoms with Crippen LogP contribution in [0, 0.1) is 5.92 Å². The Labute approximate surface area is 105 Å². The third-order valence-electron chi connectivity index (χ3n) is 3.69. The molecule has 3 rings (SSSR count). The number of rotatable bonds is 2. The summed E-state index contributed by atoms with van der Waals surface area (Å²) >= 11 is 0. The van der Waals surface area contributed by atoms with Gasteiger partial charge in [-0.2, -0.15) is 0 Å². The van der Waals surface area contributed by atoms with Crippen LogP contribution >= 0.6 is 0 Å². The quantitative estimate of drug-likeness (QED) is 0.879. The lowest BCUT2D eigenvalue weighted by Gasteiger charge is -2.29. The van der Waals surface area contributed by atoms with Crippen LogP contribution in [0.2, 0.25) is 0 Å². The molecule has 3 atom stereocenters. The second-order valence-electron chi connectivity index (χ2n) is 4.81. The number of ketones is 1. The van der Waals surface area contributed by atoms with E-state index in [0.29, 0.717) is 6.42 Å². The zero-order chi connectivity index (χ0) is 12.5. The minimum Gasteiger partial charge on any atom is -0.463 e. The number of hydrogen-bond donors (Lipinski definition) is 1. The van der Waals surface area contributed by atoms with Gasteiger partial charge in [0.25, 0.3) is 0 Å². The SMILES string of the molecule is C[C@H]1C(=O)C[C@@H](c2ccco2)[NH2+][C@@H]1c1ccco1. The number of nitrogens with two attached hydrogens (primary N) is 1. The summed E-state index contributed by atoms with van der Waals surface area (Å²) in [6.45, 7) is 1.96. The predicted molar refractivity (Wildman–Crippen MR) is 63.6 cm³/mol. The van der Waals surface area contributed by atoms with Gasteiger partial charge in [0.1, 0.15) is 5.78 Å². The van der Waals surface area contributed by atoms with Crippen molar-refractivity contribution in [1.82, 2.24) is 0 Å². The molecule has 0 radical (unpaired) electrons. The summed E-state index contributed by atoms with van der Waals surface area (Å²) in [6, 6.07) is 7.65. The highest BCUT2D eigenvalue weighted by Crippen LogP contribution is 2.28. The lowest BCUT2D eigenvalue weighted by atomic mass is 9.85. The number of quaternary nitrogens is 1. The predicted octanol–water partition coefficient (Wildman–Crippen LogP) is 1.83.